The second kappa shape index (κ2) is 6.59. The van der Waals surface area contributed by atoms with Gasteiger partial charge in [0.2, 0.25) is 5.91 Å². The standard InChI is InChI=1S/C14H14F3N3O2/c15-14(16,17)11(21)6-9-20-8-3-4-10(20)13(22)19-12-5-1-2-7-18-12/h1-2,5-7,9-10H,3-4,8H2,(H,18,19,22)/b9-6+. The van der Waals surface area contributed by atoms with Crippen LogP contribution < -0.4 is 5.32 Å². The number of alkyl halides is 3. The SMILES string of the molecule is O=C(Nc1ccccn1)C1CCCN1/C=C/C(=O)C(F)(F)F. The van der Waals surface area contributed by atoms with Gasteiger partial charge in [-0.1, -0.05) is 6.07 Å². The second-order valence-electron chi connectivity index (χ2n) is 4.78. The highest BCUT2D eigenvalue weighted by molar-refractivity contribution is 5.95. The van der Waals surface area contributed by atoms with E-state index >= 15 is 0 Å². The van der Waals surface area contributed by atoms with E-state index in [1.54, 1.807) is 18.2 Å². The highest BCUT2D eigenvalue weighted by atomic mass is 19.4. The number of carbonyl (C=O) groups excluding carboxylic acids is 2. The number of ketones is 1. The van der Waals surface area contributed by atoms with Crippen molar-refractivity contribution in [3.63, 3.8) is 0 Å². The van der Waals surface area contributed by atoms with Gasteiger partial charge >= 0.3 is 6.18 Å². The molecule has 0 bridgehead atoms. The van der Waals surface area contributed by atoms with E-state index < -0.39 is 18.0 Å². The molecule has 1 aromatic heterocycles. The molecule has 1 amide bonds. The number of rotatable bonds is 4. The number of anilines is 1. The van der Waals surface area contributed by atoms with E-state index in [0.29, 0.717) is 31.3 Å². The maximum atomic E-state index is 12.2. The van der Waals surface area contributed by atoms with E-state index in [2.05, 4.69) is 10.3 Å². The Morgan fingerprint density at radius 3 is 2.77 bits per heavy atom. The fourth-order valence-corrected chi connectivity index (χ4v) is 2.15. The Hall–Kier alpha value is -2.38. The zero-order chi connectivity index (χ0) is 16.2. The summed E-state index contributed by atoms with van der Waals surface area (Å²) < 4.78 is 36.5. The largest absolute Gasteiger partial charge is 0.454 e. The predicted molar refractivity (Wildman–Crippen MR) is 72.8 cm³/mol. The van der Waals surface area contributed by atoms with Crippen molar-refractivity contribution >= 4 is 17.5 Å². The summed E-state index contributed by atoms with van der Waals surface area (Å²) in [6.07, 6.45) is -0.738. The fourth-order valence-electron chi connectivity index (χ4n) is 2.15. The summed E-state index contributed by atoms with van der Waals surface area (Å²) in [5.41, 5.74) is 0. The summed E-state index contributed by atoms with van der Waals surface area (Å²) in [6, 6.07) is 4.40. The third kappa shape index (κ3) is 4.06. The van der Waals surface area contributed by atoms with Gasteiger partial charge in [-0.2, -0.15) is 13.2 Å². The Morgan fingerprint density at radius 2 is 2.14 bits per heavy atom. The molecule has 22 heavy (non-hydrogen) atoms. The zero-order valence-corrected chi connectivity index (χ0v) is 11.5. The molecule has 0 aromatic carbocycles. The monoisotopic (exact) mass is 313 g/mol. The zero-order valence-electron chi connectivity index (χ0n) is 11.5. The minimum atomic E-state index is -4.90. The van der Waals surface area contributed by atoms with Crippen LogP contribution in [0.5, 0.6) is 0 Å². The van der Waals surface area contributed by atoms with Crippen LogP contribution in [0.15, 0.2) is 36.7 Å². The molecule has 1 N–H and O–H groups in total. The van der Waals surface area contributed by atoms with E-state index in [-0.39, 0.29) is 5.91 Å². The van der Waals surface area contributed by atoms with Gasteiger partial charge in [0, 0.05) is 25.0 Å². The normalized spacial score (nSPS) is 18.7. The average Bonchev–Trinajstić information content (AvgIpc) is 2.93. The van der Waals surface area contributed by atoms with Crippen LogP contribution in [0.1, 0.15) is 12.8 Å². The van der Waals surface area contributed by atoms with Crippen molar-refractivity contribution in [2.24, 2.45) is 0 Å². The van der Waals surface area contributed by atoms with Crippen LogP contribution in [0.25, 0.3) is 0 Å². The van der Waals surface area contributed by atoms with Crippen molar-refractivity contribution in [2.75, 3.05) is 11.9 Å². The van der Waals surface area contributed by atoms with Gasteiger partial charge in [0.25, 0.3) is 5.78 Å². The molecule has 0 spiro atoms. The molecule has 8 heteroatoms. The van der Waals surface area contributed by atoms with Crippen molar-refractivity contribution in [3.8, 4) is 0 Å². The average molecular weight is 313 g/mol. The first-order chi connectivity index (χ1) is 10.4. The van der Waals surface area contributed by atoms with Crippen LogP contribution in [-0.2, 0) is 9.59 Å². The minimum Gasteiger partial charge on any atom is -0.365 e. The molecule has 1 aliphatic heterocycles. The Labute approximate surface area is 124 Å². The van der Waals surface area contributed by atoms with Crippen molar-refractivity contribution in [2.45, 2.75) is 25.1 Å². The number of pyridine rings is 1. The molecule has 1 aliphatic rings. The molecular formula is C14H14F3N3O2. The number of allylic oxidation sites excluding steroid dienone is 1. The summed E-state index contributed by atoms with van der Waals surface area (Å²) in [7, 11) is 0. The number of likely N-dealkylation sites (tertiary alicyclic amines) is 1. The molecule has 2 rings (SSSR count). The molecule has 1 atom stereocenters. The van der Waals surface area contributed by atoms with Crippen LogP contribution >= 0.6 is 0 Å². The molecule has 2 heterocycles. The molecule has 0 saturated carbocycles. The van der Waals surface area contributed by atoms with Crippen LogP contribution in [0, 0.1) is 0 Å². The van der Waals surface area contributed by atoms with Crippen LogP contribution in [-0.4, -0.2) is 40.3 Å². The molecule has 1 aromatic rings. The lowest BCUT2D eigenvalue weighted by Crippen LogP contribution is -2.37. The Balaban J connectivity index is 2.00. The quantitative estimate of drug-likeness (QED) is 0.865. The maximum Gasteiger partial charge on any atom is 0.454 e. The van der Waals surface area contributed by atoms with Crippen LogP contribution in [0.2, 0.25) is 0 Å². The molecule has 118 valence electrons. The highest BCUT2D eigenvalue weighted by Crippen LogP contribution is 2.21. The van der Waals surface area contributed by atoms with Crippen molar-refractivity contribution < 1.29 is 22.8 Å². The topological polar surface area (TPSA) is 62.3 Å². The molecule has 1 saturated heterocycles. The lowest BCUT2D eigenvalue weighted by atomic mass is 10.2. The summed E-state index contributed by atoms with van der Waals surface area (Å²) in [4.78, 5) is 28.4. The number of aromatic nitrogens is 1. The third-order valence-corrected chi connectivity index (χ3v) is 3.21. The van der Waals surface area contributed by atoms with Crippen LogP contribution in [0.4, 0.5) is 19.0 Å². The van der Waals surface area contributed by atoms with E-state index in [0.717, 1.165) is 6.20 Å². The summed E-state index contributed by atoms with van der Waals surface area (Å²) in [5.74, 6) is -1.93. The first kappa shape index (κ1) is 16.0. The maximum absolute atomic E-state index is 12.2. The summed E-state index contributed by atoms with van der Waals surface area (Å²) in [6.45, 7) is 0.419. The minimum absolute atomic E-state index is 0.361. The van der Waals surface area contributed by atoms with E-state index in [9.17, 15) is 22.8 Å². The first-order valence-corrected chi connectivity index (χ1v) is 6.65. The number of nitrogens with one attached hydrogen (secondary N) is 1. The Kier molecular flexibility index (Phi) is 4.79. The van der Waals surface area contributed by atoms with Gasteiger partial charge in [-0.15, -0.1) is 0 Å². The number of nitrogens with zero attached hydrogens (tertiary/aromatic N) is 2. The third-order valence-electron chi connectivity index (χ3n) is 3.21. The van der Waals surface area contributed by atoms with Crippen LogP contribution in [0.3, 0.4) is 0 Å². The number of hydrogen-bond donors (Lipinski definition) is 1. The van der Waals surface area contributed by atoms with Gasteiger partial charge in [-0.3, -0.25) is 9.59 Å². The summed E-state index contributed by atoms with van der Waals surface area (Å²) in [5, 5.41) is 2.60. The molecule has 1 unspecified atom stereocenters. The van der Waals surface area contributed by atoms with Crippen molar-refractivity contribution in [1.29, 1.82) is 0 Å². The molecule has 1 fully saturated rings. The molecule has 0 aliphatic carbocycles. The van der Waals surface area contributed by atoms with Crippen molar-refractivity contribution in [1.82, 2.24) is 9.88 Å². The van der Waals surface area contributed by atoms with E-state index in [1.165, 1.54) is 11.1 Å². The lowest BCUT2D eigenvalue weighted by molar-refractivity contribution is -0.165. The number of amides is 1. The molecular weight excluding hydrogens is 299 g/mol. The number of halogens is 3. The van der Waals surface area contributed by atoms with Gasteiger partial charge in [0.1, 0.15) is 11.9 Å². The first-order valence-electron chi connectivity index (χ1n) is 6.65. The van der Waals surface area contributed by atoms with Gasteiger partial charge in [-0.25, -0.2) is 4.98 Å². The van der Waals surface area contributed by atoms with Gasteiger partial charge in [0.15, 0.2) is 0 Å². The van der Waals surface area contributed by atoms with Crippen molar-refractivity contribution in [3.05, 3.63) is 36.7 Å². The van der Waals surface area contributed by atoms with Gasteiger partial charge < -0.3 is 10.2 Å². The van der Waals surface area contributed by atoms with E-state index in [1.807, 2.05) is 0 Å². The molecule has 5 nitrogen and oxygen atoms in total. The fraction of sp³-hybridized carbons (Fsp3) is 0.357. The smallest absolute Gasteiger partial charge is 0.365 e. The number of hydrogen-bond acceptors (Lipinski definition) is 4. The lowest BCUT2D eigenvalue weighted by Gasteiger charge is -2.21. The Bertz CT molecular complexity index is 572. The second-order valence-corrected chi connectivity index (χ2v) is 4.78. The van der Waals surface area contributed by atoms with Gasteiger partial charge in [-0.05, 0) is 25.0 Å². The predicted octanol–water partition coefficient (Wildman–Crippen LogP) is 2.13. The summed E-state index contributed by atoms with van der Waals surface area (Å²) >= 11 is 0. The number of carbonyl (C=O) groups is 2. The molecule has 0 radical (unpaired) electrons. The van der Waals surface area contributed by atoms with E-state index in [4.69, 9.17) is 0 Å². The Morgan fingerprint density at radius 1 is 1.36 bits per heavy atom. The highest BCUT2D eigenvalue weighted by Gasteiger charge is 2.37. The van der Waals surface area contributed by atoms with Gasteiger partial charge in [0.05, 0.1) is 0 Å².